The molecule has 0 unspecified atom stereocenters. The maximum atomic E-state index is 12.8. The molecular weight excluding hydrogens is 283 g/mol. The van der Waals surface area contributed by atoms with Crippen molar-refractivity contribution in [3.8, 4) is 0 Å². The Hall–Kier alpha value is -2.50. The second-order valence-electron chi connectivity index (χ2n) is 4.80. The molecule has 0 radical (unpaired) electrons. The van der Waals surface area contributed by atoms with Crippen molar-refractivity contribution in [3.63, 3.8) is 0 Å². The van der Waals surface area contributed by atoms with E-state index in [0.29, 0.717) is 5.82 Å². The smallest absolute Gasteiger partial charge is 0.229 e. The largest absolute Gasteiger partial charge is 0.356 e. The Morgan fingerprint density at radius 3 is 2.32 bits per heavy atom. The lowest BCUT2D eigenvalue weighted by Gasteiger charge is -2.18. The summed E-state index contributed by atoms with van der Waals surface area (Å²) in [6.45, 7) is 5.79. The SMILES string of the molecule is CCN(CC)c1ccc(NC(=O)Cc2ccc(F)cc2)nn1. The molecule has 0 atom stereocenters. The first kappa shape index (κ1) is 15.9. The molecule has 5 nitrogen and oxygen atoms in total. The van der Waals surface area contributed by atoms with Gasteiger partial charge >= 0.3 is 0 Å². The molecule has 1 amide bonds. The van der Waals surface area contributed by atoms with Crippen LogP contribution in [0.15, 0.2) is 36.4 Å². The summed E-state index contributed by atoms with van der Waals surface area (Å²) in [6.07, 6.45) is 0.166. The van der Waals surface area contributed by atoms with Crippen molar-refractivity contribution < 1.29 is 9.18 Å². The number of hydrogen-bond acceptors (Lipinski definition) is 4. The molecular formula is C16H19FN4O. The maximum Gasteiger partial charge on any atom is 0.229 e. The average Bonchev–Trinajstić information content (AvgIpc) is 2.52. The van der Waals surface area contributed by atoms with Crippen LogP contribution in [0.1, 0.15) is 19.4 Å². The van der Waals surface area contributed by atoms with Crippen molar-refractivity contribution in [2.75, 3.05) is 23.3 Å². The number of nitrogens with one attached hydrogen (secondary N) is 1. The molecule has 0 fully saturated rings. The molecule has 6 heteroatoms. The fourth-order valence-corrected chi connectivity index (χ4v) is 2.08. The molecule has 0 aliphatic heterocycles. The number of halogens is 1. The lowest BCUT2D eigenvalue weighted by atomic mass is 10.1. The predicted molar refractivity (Wildman–Crippen MR) is 84.3 cm³/mol. The minimum atomic E-state index is -0.318. The van der Waals surface area contributed by atoms with E-state index in [1.54, 1.807) is 18.2 Å². The number of carbonyl (C=O) groups excluding carboxylic acids is 1. The highest BCUT2D eigenvalue weighted by Crippen LogP contribution is 2.11. The first-order valence-corrected chi connectivity index (χ1v) is 7.25. The molecule has 116 valence electrons. The third-order valence-electron chi connectivity index (χ3n) is 3.28. The monoisotopic (exact) mass is 302 g/mol. The lowest BCUT2D eigenvalue weighted by molar-refractivity contribution is -0.115. The number of aromatic nitrogens is 2. The first-order valence-electron chi connectivity index (χ1n) is 7.25. The molecule has 1 aromatic heterocycles. The number of benzene rings is 1. The number of rotatable bonds is 6. The van der Waals surface area contributed by atoms with Gasteiger partial charge in [0.05, 0.1) is 6.42 Å². The van der Waals surface area contributed by atoms with Crippen molar-refractivity contribution in [2.45, 2.75) is 20.3 Å². The number of hydrogen-bond donors (Lipinski definition) is 1. The van der Waals surface area contributed by atoms with E-state index < -0.39 is 0 Å². The van der Waals surface area contributed by atoms with Crippen molar-refractivity contribution in [3.05, 3.63) is 47.8 Å². The van der Waals surface area contributed by atoms with Gasteiger partial charge in [0.25, 0.3) is 0 Å². The first-order chi connectivity index (χ1) is 10.6. The molecule has 0 bridgehead atoms. The fourth-order valence-electron chi connectivity index (χ4n) is 2.08. The summed E-state index contributed by atoms with van der Waals surface area (Å²) < 4.78 is 12.8. The van der Waals surface area contributed by atoms with Crippen LogP contribution >= 0.6 is 0 Å². The molecule has 0 saturated carbocycles. The Kier molecular flexibility index (Phi) is 5.41. The van der Waals surface area contributed by atoms with Crippen molar-refractivity contribution in [2.24, 2.45) is 0 Å². The van der Waals surface area contributed by atoms with Gasteiger partial charge in [0.2, 0.25) is 5.91 Å². The number of anilines is 2. The quantitative estimate of drug-likeness (QED) is 0.891. The van der Waals surface area contributed by atoms with Crippen LogP contribution in [0.2, 0.25) is 0 Å². The third-order valence-corrected chi connectivity index (χ3v) is 3.28. The molecule has 0 aliphatic rings. The Balaban J connectivity index is 1.95. The molecule has 0 spiro atoms. The molecule has 0 saturated heterocycles. The normalized spacial score (nSPS) is 10.3. The van der Waals surface area contributed by atoms with E-state index in [1.165, 1.54) is 12.1 Å². The van der Waals surface area contributed by atoms with Crippen LogP contribution in [0, 0.1) is 5.82 Å². The summed E-state index contributed by atoms with van der Waals surface area (Å²) in [4.78, 5) is 14.0. The molecule has 2 rings (SSSR count). The van der Waals surface area contributed by atoms with E-state index in [0.717, 1.165) is 24.5 Å². The van der Waals surface area contributed by atoms with Crippen LogP contribution in [-0.2, 0) is 11.2 Å². The van der Waals surface area contributed by atoms with E-state index in [2.05, 4.69) is 20.4 Å². The standard InChI is InChI=1S/C16H19FN4O/c1-3-21(4-2)15-10-9-14(19-20-15)18-16(22)11-12-5-7-13(17)8-6-12/h5-10H,3-4,11H2,1-2H3,(H,18,19,22). The molecule has 0 aliphatic carbocycles. The zero-order chi connectivity index (χ0) is 15.9. The van der Waals surface area contributed by atoms with E-state index in [9.17, 15) is 9.18 Å². The van der Waals surface area contributed by atoms with Gasteiger partial charge in [-0.3, -0.25) is 4.79 Å². The molecule has 1 aromatic carbocycles. The van der Waals surface area contributed by atoms with Gasteiger partial charge in [-0.05, 0) is 43.7 Å². The van der Waals surface area contributed by atoms with E-state index in [4.69, 9.17) is 0 Å². The minimum absolute atomic E-state index is 0.166. The number of amides is 1. The van der Waals surface area contributed by atoms with Crippen molar-refractivity contribution >= 4 is 17.5 Å². The van der Waals surface area contributed by atoms with Crippen LogP contribution in [-0.4, -0.2) is 29.2 Å². The van der Waals surface area contributed by atoms with Gasteiger partial charge in [-0.1, -0.05) is 12.1 Å². The zero-order valence-electron chi connectivity index (χ0n) is 12.7. The van der Waals surface area contributed by atoms with Crippen LogP contribution in [0.5, 0.6) is 0 Å². The predicted octanol–water partition coefficient (Wildman–Crippen LogP) is 2.64. The summed E-state index contributed by atoms with van der Waals surface area (Å²) in [6, 6.07) is 9.40. The lowest BCUT2D eigenvalue weighted by Crippen LogP contribution is -2.23. The summed E-state index contributed by atoms with van der Waals surface area (Å²) in [5.41, 5.74) is 0.742. The van der Waals surface area contributed by atoms with E-state index in [1.807, 2.05) is 19.9 Å². The van der Waals surface area contributed by atoms with Gasteiger partial charge in [0, 0.05) is 13.1 Å². The van der Waals surface area contributed by atoms with Crippen molar-refractivity contribution in [1.82, 2.24) is 10.2 Å². The van der Waals surface area contributed by atoms with Gasteiger partial charge in [-0.2, -0.15) is 0 Å². The summed E-state index contributed by atoms with van der Waals surface area (Å²) in [5, 5.41) is 10.8. The topological polar surface area (TPSA) is 58.1 Å². The van der Waals surface area contributed by atoms with Crippen molar-refractivity contribution in [1.29, 1.82) is 0 Å². The van der Waals surface area contributed by atoms with Crippen LogP contribution < -0.4 is 10.2 Å². The third kappa shape index (κ3) is 4.25. The highest BCUT2D eigenvalue weighted by atomic mass is 19.1. The van der Waals surface area contributed by atoms with Gasteiger partial charge in [-0.25, -0.2) is 4.39 Å². The van der Waals surface area contributed by atoms with Gasteiger partial charge in [0.1, 0.15) is 5.82 Å². The second kappa shape index (κ2) is 7.49. The molecule has 2 aromatic rings. The molecule has 1 heterocycles. The minimum Gasteiger partial charge on any atom is -0.356 e. The Bertz CT molecular complexity index is 609. The zero-order valence-corrected chi connectivity index (χ0v) is 12.7. The van der Waals surface area contributed by atoms with E-state index in [-0.39, 0.29) is 18.1 Å². The van der Waals surface area contributed by atoms with Crippen LogP contribution in [0.4, 0.5) is 16.0 Å². The van der Waals surface area contributed by atoms with Gasteiger partial charge in [0.15, 0.2) is 11.6 Å². The Morgan fingerprint density at radius 1 is 1.09 bits per heavy atom. The second-order valence-corrected chi connectivity index (χ2v) is 4.80. The Morgan fingerprint density at radius 2 is 1.77 bits per heavy atom. The van der Waals surface area contributed by atoms with Gasteiger partial charge < -0.3 is 10.2 Å². The summed E-state index contributed by atoms with van der Waals surface area (Å²) in [5.74, 6) is 0.656. The molecule has 1 N–H and O–H groups in total. The summed E-state index contributed by atoms with van der Waals surface area (Å²) in [7, 11) is 0. The Labute approximate surface area is 129 Å². The highest BCUT2D eigenvalue weighted by Gasteiger charge is 2.08. The highest BCUT2D eigenvalue weighted by molar-refractivity contribution is 5.91. The summed E-state index contributed by atoms with van der Waals surface area (Å²) >= 11 is 0. The average molecular weight is 302 g/mol. The number of carbonyl (C=O) groups is 1. The van der Waals surface area contributed by atoms with Gasteiger partial charge in [-0.15, -0.1) is 10.2 Å². The molecule has 22 heavy (non-hydrogen) atoms. The fraction of sp³-hybridized carbons (Fsp3) is 0.312. The van der Waals surface area contributed by atoms with E-state index >= 15 is 0 Å². The van der Waals surface area contributed by atoms with Crippen LogP contribution in [0.25, 0.3) is 0 Å². The number of nitrogens with zero attached hydrogens (tertiary/aromatic N) is 3. The maximum absolute atomic E-state index is 12.8. The van der Waals surface area contributed by atoms with Crippen LogP contribution in [0.3, 0.4) is 0 Å².